The van der Waals surface area contributed by atoms with Gasteiger partial charge in [-0.25, -0.2) is 8.42 Å². The third-order valence-electron chi connectivity index (χ3n) is 3.58. The van der Waals surface area contributed by atoms with Crippen LogP contribution in [-0.2, 0) is 14.6 Å². The van der Waals surface area contributed by atoms with Crippen molar-refractivity contribution in [1.29, 1.82) is 0 Å². The van der Waals surface area contributed by atoms with E-state index in [-0.39, 0.29) is 6.54 Å². The van der Waals surface area contributed by atoms with Gasteiger partial charge in [-0.2, -0.15) is 0 Å². The maximum absolute atomic E-state index is 11.4. The van der Waals surface area contributed by atoms with Crippen LogP contribution in [0.3, 0.4) is 0 Å². The number of carboxylic acid groups (broad SMARTS) is 1. The molecule has 116 valence electrons. The minimum Gasteiger partial charge on any atom is -0.480 e. The van der Waals surface area contributed by atoms with E-state index in [0.717, 1.165) is 31.7 Å². The zero-order valence-electron chi connectivity index (χ0n) is 12.0. The Labute approximate surface area is 124 Å². The van der Waals surface area contributed by atoms with Crippen LogP contribution < -0.4 is 4.90 Å². The van der Waals surface area contributed by atoms with Gasteiger partial charge < -0.3 is 10.0 Å². The molecule has 1 fully saturated rings. The molecule has 1 aliphatic heterocycles. The number of hydrogen-bond acceptors (Lipinski definition) is 5. The molecule has 6 nitrogen and oxygen atoms in total. The Balaban J connectivity index is 2.04. The van der Waals surface area contributed by atoms with Gasteiger partial charge >= 0.3 is 5.97 Å². The van der Waals surface area contributed by atoms with E-state index in [0.29, 0.717) is 11.4 Å². The van der Waals surface area contributed by atoms with E-state index in [9.17, 15) is 13.2 Å². The lowest BCUT2D eigenvalue weighted by Crippen LogP contribution is -2.34. The Morgan fingerprint density at radius 1 is 1.14 bits per heavy atom. The molecule has 2 rings (SSSR count). The van der Waals surface area contributed by atoms with Gasteiger partial charge in [-0.15, -0.1) is 0 Å². The van der Waals surface area contributed by atoms with Gasteiger partial charge in [-0.3, -0.25) is 9.69 Å². The predicted octanol–water partition coefficient (Wildman–Crippen LogP) is 0.687. The second-order valence-electron chi connectivity index (χ2n) is 5.28. The van der Waals surface area contributed by atoms with E-state index in [4.69, 9.17) is 5.11 Å². The van der Waals surface area contributed by atoms with Crippen LogP contribution in [0.25, 0.3) is 0 Å². The van der Waals surface area contributed by atoms with Crippen molar-refractivity contribution in [2.45, 2.75) is 11.3 Å². The molecule has 0 amide bonds. The summed E-state index contributed by atoms with van der Waals surface area (Å²) in [6.45, 7) is 3.12. The van der Waals surface area contributed by atoms with Crippen molar-refractivity contribution in [3.05, 3.63) is 24.3 Å². The quantitative estimate of drug-likeness (QED) is 0.881. The zero-order valence-corrected chi connectivity index (χ0v) is 12.8. The van der Waals surface area contributed by atoms with Gasteiger partial charge in [0.1, 0.15) is 0 Å². The summed E-state index contributed by atoms with van der Waals surface area (Å²) in [4.78, 5) is 15.1. The molecule has 0 bridgehead atoms. The van der Waals surface area contributed by atoms with Crippen LogP contribution in [0.5, 0.6) is 0 Å². The van der Waals surface area contributed by atoms with Crippen molar-refractivity contribution >= 4 is 21.5 Å². The molecule has 1 aliphatic rings. The summed E-state index contributed by atoms with van der Waals surface area (Å²) in [7, 11) is -3.17. The van der Waals surface area contributed by atoms with Crippen molar-refractivity contribution in [3.63, 3.8) is 0 Å². The summed E-state index contributed by atoms with van der Waals surface area (Å²) in [6, 6.07) is 6.85. The molecule has 21 heavy (non-hydrogen) atoms. The number of hydrogen-bond donors (Lipinski definition) is 1. The van der Waals surface area contributed by atoms with Gasteiger partial charge in [-0.1, -0.05) is 0 Å². The van der Waals surface area contributed by atoms with E-state index >= 15 is 0 Å². The number of anilines is 1. The lowest BCUT2D eigenvalue weighted by atomic mass is 10.2. The lowest BCUT2D eigenvalue weighted by Gasteiger charge is -2.23. The summed E-state index contributed by atoms with van der Waals surface area (Å²) in [5.41, 5.74) is 0.972. The fourth-order valence-electron chi connectivity index (χ4n) is 2.48. The minimum absolute atomic E-state index is 0.0703. The van der Waals surface area contributed by atoms with Crippen molar-refractivity contribution in [2.24, 2.45) is 0 Å². The van der Waals surface area contributed by atoms with Crippen LogP contribution in [0.4, 0.5) is 5.69 Å². The topological polar surface area (TPSA) is 77.9 Å². The highest BCUT2D eigenvalue weighted by molar-refractivity contribution is 7.90. The molecule has 0 spiro atoms. The van der Waals surface area contributed by atoms with E-state index in [1.165, 1.54) is 6.26 Å². The summed E-state index contributed by atoms with van der Waals surface area (Å²) < 4.78 is 22.9. The molecule has 7 heteroatoms. The molecule has 1 heterocycles. The van der Waals surface area contributed by atoms with Crippen molar-refractivity contribution < 1.29 is 18.3 Å². The van der Waals surface area contributed by atoms with Gasteiger partial charge in [0, 0.05) is 38.1 Å². The van der Waals surface area contributed by atoms with Crippen LogP contribution in [0.1, 0.15) is 6.42 Å². The zero-order chi connectivity index (χ0) is 15.5. The van der Waals surface area contributed by atoms with E-state index < -0.39 is 15.8 Å². The van der Waals surface area contributed by atoms with Gasteiger partial charge in [-0.05, 0) is 30.7 Å². The summed E-state index contributed by atoms with van der Waals surface area (Å²) >= 11 is 0. The first-order valence-corrected chi connectivity index (χ1v) is 8.74. The molecule has 0 aromatic heterocycles. The molecule has 1 N–H and O–H groups in total. The highest BCUT2D eigenvalue weighted by atomic mass is 32.2. The molecule has 1 aromatic rings. The van der Waals surface area contributed by atoms with Gasteiger partial charge in [0.2, 0.25) is 0 Å². The van der Waals surface area contributed by atoms with Crippen LogP contribution in [0.2, 0.25) is 0 Å². The van der Waals surface area contributed by atoms with E-state index in [1.807, 2.05) is 17.0 Å². The normalized spacial score (nSPS) is 17.5. The fourth-order valence-corrected chi connectivity index (χ4v) is 3.11. The van der Waals surface area contributed by atoms with Crippen molar-refractivity contribution in [2.75, 3.05) is 43.9 Å². The molecule has 0 aliphatic carbocycles. The SMILES string of the molecule is CS(=O)(=O)c1ccc(N2CCCN(CC(=O)O)CC2)cc1. The predicted molar refractivity (Wildman–Crippen MR) is 80.5 cm³/mol. The molecule has 0 saturated carbocycles. The van der Waals surface area contributed by atoms with Gasteiger partial charge in [0.05, 0.1) is 11.4 Å². The van der Waals surface area contributed by atoms with E-state index in [1.54, 1.807) is 12.1 Å². The first-order chi connectivity index (χ1) is 9.86. The maximum atomic E-state index is 11.4. The number of nitrogens with zero attached hydrogens (tertiary/aromatic N) is 2. The third kappa shape index (κ3) is 4.44. The number of sulfone groups is 1. The molecular formula is C14H20N2O4S. The monoisotopic (exact) mass is 312 g/mol. The van der Waals surface area contributed by atoms with Gasteiger partial charge in [0.15, 0.2) is 9.84 Å². The average Bonchev–Trinajstić information content (AvgIpc) is 2.63. The highest BCUT2D eigenvalue weighted by Gasteiger charge is 2.17. The summed E-state index contributed by atoms with van der Waals surface area (Å²) in [5, 5.41) is 8.84. The Bertz CT molecular complexity index is 598. The van der Waals surface area contributed by atoms with Crippen molar-refractivity contribution in [3.8, 4) is 0 Å². The highest BCUT2D eigenvalue weighted by Crippen LogP contribution is 2.19. The Morgan fingerprint density at radius 3 is 2.38 bits per heavy atom. The Kier molecular flexibility index (Phi) is 4.84. The van der Waals surface area contributed by atoms with Crippen LogP contribution >= 0.6 is 0 Å². The van der Waals surface area contributed by atoms with E-state index in [2.05, 4.69) is 4.90 Å². The second kappa shape index (κ2) is 6.44. The Morgan fingerprint density at radius 2 is 1.81 bits per heavy atom. The second-order valence-corrected chi connectivity index (χ2v) is 7.29. The number of aliphatic carboxylic acids is 1. The molecule has 1 saturated heterocycles. The van der Waals surface area contributed by atoms with Gasteiger partial charge in [0.25, 0.3) is 0 Å². The lowest BCUT2D eigenvalue weighted by molar-refractivity contribution is -0.138. The molecule has 0 atom stereocenters. The largest absolute Gasteiger partial charge is 0.480 e. The van der Waals surface area contributed by atoms with Crippen LogP contribution in [0.15, 0.2) is 29.2 Å². The van der Waals surface area contributed by atoms with Crippen LogP contribution in [0, 0.1) is 0 Å². The number of benzene rings is 1. The van der Waals surface area contributed by atoms with Crippen LogP contribution in [-0.4, -0.2) is 63.4 Å². The smallest absolute Gasteiger partial charge is 0.317 e. The standard InChI is InChI=1S/C14H20N2O4S/c1-21(19,20)13-5-3-12(4-6-13)16-8-2-7-15(9-10-16)11-14(17)18/h3-6H,2,7-11H2,1H3,(H,17,18). The number of carboxylic acids is 1. The number of rotatable bonds is 4. The average molecular weight is 312 g/mol. The molecule has 0 unspecified atom stereocenters. The molecule has 0 radical (unpaired) electrons. The fraction of sp³-hybridized carbons (Fsp3) is 0.500. The molecular weight excluding hydrogens is 292 g/mol. The third-order valence-corrected chi connectivity index (χ3v) is 4.71. The first kappa shape index (κ1) is 15.8. The summed E-state index contributed by atoms with van der Waals surface area (Å²) in [5.74, 6) is -0.805. The summed E-state index contributed by atoms with van der Waals surface area (Å²) in [6.07, 6.45) is 2.08. The van der Waals surface area contributed by atoms with Crippen molar-refractivity contribution in [1.82, 2.24) is 4.90 Å². The first-order valence-electron chi connectivity index (χ1n) is 6.85. The molecule has 1 aromatic carbocycles. The Hall–Kier alpha value is -1.60. The maximum Gasteiger partial charge on any atom is 0.317 e. The number of carbonyl (C=O) groups is 1. The minimum atomic E-state index is -3.17.